The van der Waals surface area contributed by atoms with Gasteiger partial charge in [-0.15, -0.1) is 10.2 Å². The van der Waals surface area contributed by atoms with Gasteiger partial charge in [0.1, 0.15) is 11.6 Å². The molecule has 0 bridgehead atoms. The van der Waals surface area contributed by atoms with Crippen molar-refractivity contribution < 1.29 is 18.7 Å². The van der Waals surface area contributed by atoms with Crippen molar-refractivity contribution in [3.63, 3.8) is 0 Å². The average Bonchev–Trinajstić information content (AvgIpc) is 3.42. The molecule has 1 amide bonds. The number of benzene rings is 1. The van der Waals surface area contributed by atoms with E-state index >= 15 is 0 Å². The number of carbonyl (C=O) groups is 1. The lowest BCUT2D eigenvalue weighted by molar-refractivity contribution is -0.127. The number of hydrogen-bond acceptors (Lipinski definition) is 7. The van der Waals surface area contributed by atoms with E-state index in [2.05, 4.69) is 24.0 Å². The molecule has 0 aliphatic carbocycles. The van der Waals surface area contributed by atoms with Gasteiger partial charge in [-0.25, -0.2) is 0 Å². The highest BCUT2D eigenvalue weighted by Crippen LogP contribution is 2.31. The second kappa shape index (κ2) is 10.4. The zero-order chi connectivity index (χ0) is 22.4. The van der Waals surface area contributed by atoms with Crippen molar-refractivity contribution in [1.29, 1.82) is 0 Å². The van der Waals surface area contributed by atoms with Gasteiger partial charge in [-0.05, 0) is 18.2 Å². The Bertz CT molecular complexity index is 1000. The van der Waals surface area contributed by atoms with Crippen LogP contribution in [-0.4, -0.2) is 52.6 Å². The maximum atomic E-state index is 12.8. The summed E-state index contributed by atoms with van der Waals surface area (Å²) < 4.78 is 18.3. The fourth-order valence-corrected chi connectivity index (χ4v) is 4.08. The Kier molecular flexibility index (Phi) is 7.62. The SMILES string of the molecule is COc1cccc(CN(C)C(=O)CSc2nnc(C(C)C)n2Cc2ccco2)c1OC. The molecule has 0 spiro atoms. The topological polar surface area (TPSA) is 82.6 Å². The van der Waals surface area contributed by atoms with E-state index in [-0.39, 0.29) is 17.6 Å². The standard InChI is InChI=1S/C22H28N4O4S/c1-15(2)21-23-24-22(26(21)13-17-9-7-11-30-17)31-14-19(27)25(3)12-16-8-6-10-18(28-4)20(16)29-5/h6-11,15H,12-14H2,1-5H3. The molecule has 0 aliphatic heterocycles. The van der Waals surface area contributed by atoms with Gasteiger partial charge in [0.05, 0.1) is 32.8 Å². The summed E-state index contributed by atoms with van der Waals surface area (Å²) in [6, 6.07) is 9.41. The minimum Gasteiger partial charge on any atom is -0.493 e. The number of furan rings is 1. The Labute approximate surface area is 186 Å². The molecule has 9 heteroatoms. The quantitative estimate of drug-likeness (QED) is 0.440. The van der Waals surface area contributed by atoms with Gasteiger partial charge >= 0.3 is 0 Å². The van der Waals surface area contributed by atoms with E-state index in [9.17, 15) is 4.79 Å². The second-order valence-electron chi connectivity index (χ2n) is 7.35. The molecule has 0 aliphatic rings. The molecule has 166 valence electrons. The average molecular weight is 445 g/mol. The molecule has 0 N–H and O–H groups in total. The Morgan fingerprint density at radius 2 is 2.00 bits per heavy atom. The number of ether oxygens (including phenoxy) is 2. The van der Waals surface area contributed by atoms with Gasteiger partial charge < -0.3 is 18.8 Å². The zero-order valence-electron chi connectivity index (χ0n) is 18.5. The molecule has 0 atom stereocenters. The van der Waals surface area contributed by atoms with Gasteiger partial charge in [0.2, 0.25) is 5.91 Å². The summed E-state index contributed by atoms with van der Waals surface area (Å²) in [5.41, 5.74) is 0.880. The number of rotatable bonds is 10. The molecule has 8 nitrogen and oxygen atoms in total. The Balaban J connectivity index is 1.68. The monoisotopic (exact) mass is 444 g/mol. The summed E-state index contributed by atoms with van der Waals surface area (Å²) in [6.07, 6.45) is 1.65. The zero-order valence-corrected chi connectivity index (χ0v) is 19.3. The molecule has 3 aromatic rings. The van der Waals surface area contributed by atoms with Crippen LogP contribution in [0.1, 0.15) is 36.9 Å². The second-order valence-corrected chi connectivity index (χ2v) is 8.29. The molecule has 0 radical (unpaired) electrons. The fraction of sp³-hybridized carbons (Fsp3) is 0.409. The van der Waals surface area contributed by atoms with Crippen LogP contribution < -0.4 is 9.47 Å². The molecule has 31 heavy (non-hydrogen) atoms. The smallest absolute Gasteiger partial charge is 0.233 e. The third-order valence-corrected chi connectivity index (χ3v) is 5.75. The summed E-state index contributed by atoms with van der Waals surface area (Å²) >= 11 is 1.37. The van der Waals surface area contributed by atoms with E-state index in [1.807, 2.05) is 34.9 Å². The van der Waals surface area contributed by atoms with Crippen LogP contribution in [0.2, 0.25) is 0 Å². The van der Waals surface area contributed by atoms with Crippen LogP contribution in [0.15, 0.2) is 46.2 Å². The highest BCUT2D eigenvalue weighted by atomic mass is 32.2. The molecule has 0 saturated carbocycles. The maximum absolute atomic E-state index is 12.8. The molecule has 3 rings (SSSR count). The lowest BCUT2D eigenvalue weighted by Gasteiger charge is -2.20. The van der Waals surface area contributed by atoms with Gasteiger partial charge in [0, 0.05) is 25.1 Å². The van der Waals surface area contributed by atoms with Crippen molar-refractivity contribution in [1.82, 2.24) is 19.7 Å². The van der Waals surface area contributed by atoms with E-state index < -0.39 is 0 Å². The number of nitrogens with zero attached hydrogens (tertiary/aromatic N) is 4. The number of aromatic nitrogens is 3. The summed E-state index contributed by atoms with van der Waals surface area (Å²) in [7, 11) is 4.96. The largest absolute Gasteiger partial charge is 0.493 e. The van der Waals surface area contributed by atoms with Crippen LogP contribution in [0.3, 0.4) is 0 Å². The predicted octanol–water partition coefficient (Wildman–Crippen LogP) is 3.81. The first kappa shape index (κ1) is 22.7. The minimum absolute atomic E-state index is 0.0199. The first-order valence-corrected chi connectivity index (χ1v) is 10.9. The van der Waals surface area contributed by atoms with Gasteiger partial charge in [0.25, 0.3) is 0 Å². The Morgan fingerprint density at radius 1 is 1.19 bits per heavy atom. The van der Waals surface area contributed by atoms with Crippen molar-refractivity contribution in [3.8, 4) is 11.5 Å². The van der Waals surface area contributed by atoms with Gasteiger partial charge in [-0.3, -0.25) is 9.36 Å². The van der Waals surface area contributed by atoms with Gasteiger partial charge in [-0.2, -0.15) is 0 Å². The molecule has 1 aromatic carbocycles. The number of para-hydroxylation sites is 1. The highest BCUT2D eigenvalue weighted by molar-refractivity contribution is 7.99. The molecule has 0 fully saturated rings. The van der Waals surface area contributed by atoms with Crippen molar-refractivity contribution >= 4 is 17.7 Å². The Morgan fingerprint density at radius 3 is 2.65 bits per heavy atom. The fourth-order valence-electron chi connectivity index (χ4n) is 3.20. The van der Waals surface area contributed by atoms with E-state index in [4.69, 9.17) is 13.9 Å². The summed E-state index contributed by atoms with van der Waals surface area (Å²) in [4.78, 5) is 14.5. The predicted molar refractivity (Wildman–Crippen MR) is 119 cm³/mol. The summed E-state index contributed by atoms with van der Waals surface area (Å²) in [5, 5.41) is 9.33. The van der Waals surface area contributed by atoms with Crippen LogP contribution >= 0.6 is 11.8 Å². The first-order chi connectivity index (χ1) is 14.9. The first-order valence-electron chi connectivity index (χ1n) is 9.96. The van der Waals surface area contributed by atoms with Crippen molar-refractivity contribution in [2.24, 2.45) is 0 Å². The van der Waals surface area contributed by atoms with Crippen molar-refractivity contribution in [2.45, 2.75) is 38.0 Å². The lowest BCUT2D eigenvalue weighted by atomic mass is 10.1. The van der Waals surface area contributed by atoms with Gasteiger partial charge in [0.15, 0.2) is 16.7 Å². The maximum Gasteiger partial charge on any atom is 0.233 e. The van der Waals surface area contributed by atoms with E-state index in [0.717, 1.165) is 17.1 Å². The van der Waals surface area contributed by atoms with Crippen LogP contribution in [-0.2, 0) is 17.9 Å². The number of thioether (sulfide) groups is 1. The number of hydrogen-bond donors (Lipinski definition) is 0. The van der Waals surface area contributed by atoms with Crippen LogP contribution in [0.25, 0.3) is 0 Å². The van der Waals surface area contributed by atoms with Crippen LogP contribution in [0.4, 0.5) is 0 Å². The van der Waals surface area contributed by atoms with E-state index in [1.165, 1.54) is 11.8 Å². The molecular formula is C22H28N4O4S. The molecule has 2 aromatic heterocycles. The normalized spacial score (nSPS) is 11.0. The highest BCUT2D eigenvalue weighted by Gasteiger charge is 2.20. The molecule has 2 heterocycles. The van der Waals surface area contributed by atoms with E-state index in [1.54, 1.807) is 32.4 Å². The minimum atomic E-state index is -0.0199. The molecule has 0 unspecified atom stereocenters. The Hall–Kier alpha value is -2.94. The molecular weight excluding hydrogens is 416 g/mol. The number of carbonyl (C=O) groups excluding carboxylic acids is 1. The van der Waals surface area contributed by atoms with E-state index in [0.29, 0.717) is 29.7 Å². The number of methoxy groups -OCH3 is 2. The van der Waals surface area contributed by atoms with Crippen molar-refractivity contribution in [3.05, 3.63) is 53.7 Å². The van der Waals surface area contributed by atoms with Crippen LogP contribution in [0, 0.1) is 0 Å². The number of amides is 1. The summed E-state index contributed by atoms with van der Waals surface area (Å²) in [6.45, 7) is 5.08. The lowest BCUT2D eigenvalue weighted by Crippen LogP contribution is -2.28. The van der Waals surface area contributed by atoms with Gasteiger partial charge in [-0.1, -0.05) is 37.7 Å². The molecule has 0 saturated heterocycles. The summed E-state index contributed by atoms with van der Waals surface area (Å²) in [5.74, 6) is 3.39. The third-order valence-electron chi connectivity index (χ3n) is 4.80. The van der Waals surface area contributed by atoms with Crippen LogP contribution in [0.5, 0.6) is 11.5 Å². The third kappa shape index (κ3) is 5.41. The van der Waals surface area contributed by atoms with Crippen molar-refractivity contribution in [2.75, 3.05) is 27.0 Å².